The molecule has 4 atom stereocenters. The van der Waals surface area contributed by atoms with Crippen LogP contribution < -0.4 is 20.3 Å². The lowest BCUT2D eigenvalue weighted by Crippen LogP contribution is -2.56. The minimum Gasteiger partial charge on any atom is -0.453 e. The number of fused-ring (bicyclic) bond motifs is 3. The standard InChI is InChI=1S/C46H53F3N8O6/c1-25(2)38(54-44(61)62-8)42(59)57-23-26(3)19-35(57)40-52-34-15-11-29-20-28(9-14-33(29)39(34)53-40)32-13-10-30(21-36(32)63-46(47,48)49)41(58)51-31-12-16-37(50-22-31)56-18-17-55(24-27(56)4)43(60)45(5,6)7/h9-16,20-22,25-27,35,38H,17-19,23-24H2,1-8H3,(H,51,58)(H,52,53)(H,54,61)/t26-,27?,35-,38-/m0/s1. The average Bonchev–Trinajstić information content (AvgIpc) is 3.85. The SMILES string of the molecule is COC(=O)N[C@H](C(=O)N1C[C@@H](C)C[C@H]1c1nc2c(ccc3cc(-c4ccc(C(=O)Nc5ccc(N6CCN(C(=O)C(C)(C)C)CC6C)nc5)cc4OC(F)(F)F)ccc32)[nH]1)C(C)C. The first-order valence-electron chi connectivity index (χ1n) is 21.0. The van der Waals surface area contributed by atoms with E-state index in [0.717, 1.165) is 11.5 Å². The third kappa shape index (κ3) is 9.66. The summed E-state index contributed by atoms with van der Waals surface area (Å²) in [4.78, 5) is 70.7. The molecule has 2 saturated heterocycles. The van der Waals surface area contributed by atoms with Crippen LogP contribution in [-0.4, -0.2) is 100 Å². The molecule has 63 heavy (non-hydrogen) atoms. The van der Waals surface area contributed by atoms with E-state index < -0.39 is 35.6 Å². The molecule has 2 aromatic heterocycles. The summed E-state index contributed by atoms with van der Waals surface area (Å²) >= 11 is 0. The molecule has 334 valence electrons. The third-order valence-electron chi connectivity index (χ3n) is 11.6. The topological polar surface area (TPSA) is 162 Å². The molecular weight excluding hydrogens is 818 g/mol. The molecule has 7 rings (SSSR count). The van der Waals surface area contributed by atoms with Gasteiger partial charge in [0.05, 0.1) is 36.1 Å². The second-order valence-electron chi connectivity index (χ2n) is 17.9. The van der Waals surface area contributed by atoms with Crippen molar-refractivity contribution in [2.45, 2.75) is 79.4 Å². The Labute approximate surface area is 363 Å². The van der Waals surface area contributed by atoms with Crippen molar-refractivity contribution in [3.8, 4) is 16.9 Å². The Bertz CT molecular complexity index is 2540. The molecule has 0 bridgehead atoms. The summed E-state index contributed by atoms with van der Waals surface area (Å²) in [5, 5.41) is 6.81. The maximum absolute atomic E-state index is 13.8. The number of imidazole rings is 1. The molecule has 0 saturated carbocycles. The number of carbonyl (C=O) groups excluding carboxylic acids is 4. The number of halogens is 3. The van der Waals surface area contributed by atoms with Crippen molar-refractivity contribution in [3.63, 3.8) is 0 Å². The molecule has 0 spiro atoms. The molecule has 0 radical (unpaired) electrons. The molecule has 17 heteroatoms. The number of anilines is 2. The zero-order valence-electron chi connectivity index (χ0n) is 36.6. The van der Waals surface area contributed by atoms with Gasteiger partial charge in [-0.25, -0.2) is 14.8 Å². The Morgan fingerprint density at radius 2 is 1.70 bits per heavy atom. The number of rotatable bonds is 9. The fourth-order valence-electron chi connectivity index (χ4n) is 8.47. The number of carbonyl (C=O) groups is 4. The maximum atomic E-state index is 13.8. The fourth-order valence-corrected chi connectivity index (χ4v) is 8.47. The second kappa shape index (κ2) is 17.4. The van der Waals surface area contributed by atoms with Crippen LogP contribution in [0.4, 0.5) is 29.5 Å². The van der Waals surface area contributed by atoms with Crippen molar-refractivity contribution in [2.75, 3.05) is 43.5 Å². The zero-order chi connectivity index (χ0) is 45.5. The number of H-pyrrole nitrogens is 1. The van der Waals surface area contributed by atoms with Gasteiger partial charge in [0.15, 0.2) is 0 Å². The lowest BCUT2D eigenvalue weighted by atomic mass is 9.94. The number of benzene rings is 3. The van der Waals surface area contributed by atoms with E-state index in [4.69, 9.17) is 9.72 Å². The summed E-state index contributed by atoms with van der Waals surface area (Å²) < 4.78 is 50.8. The van der Waals surface area contributed by atoms with Gasteiger partial charge < -0.3 is 39.8 Å². The number of alkyl carbamates (subject to hydrolysis) is 1. The highest BCUT2D eigenvalue weighted by Gasteiger charge is 2.40. The van der Waals surface area contributed by atoms with Gasteiger partial charge in [-0.2, -0.15) is 0 Å². The summed E-state index contributed by atoms with van der Waals surface area (Å²) in [6, 6.07) is 15.0. The number of piperazine rings is 1. The Morgan fingerprint density at radius 1 is 0.937 bits per heavy atom. The molecule has 0 aliphatic carbocycles. The van der Waals surface area contributed by atoms with Crippen molar-refractivity contribution in [2.24, 2.45) is 17.3 Å². The average molecular weight is 871 g/mol. The first-order chi connectivity index (χ1) is 29.7. The molecule has 2 aliphatic rings. The van der Waals surface area contributed by atoms with Gasteiger partial charge in [0.2, 0.25) is 11.8 Å². The van der Waals surface area contributed by atoms with Gasteiger partial charge in [-0.1, -0.05) is 59.7 Å². The lowest BCUT2D eigenvalue weighted by Gasteiger charge is -2.42. The molecule has 1 unspecified atom stereocenters. The number of methoxy groups -OCH3 is 1. The quantitative estimate of drug-likeness (QED) is 0.132. The number of ether oxygens (including phenoxy) is 2. The Hall–Kier alpha value is -6.39. The van der Waals surface area contributed by atoms with Crippen LogP contribution in [0.25, 0.3) is 32.9 Å². The van der Waals surface area contributed by atoms with Crippen LogP contribution in [0.2, 0.25) is 0 Å². The summed E-state index contributed by atoms with van der Waals surface area (Å²) in [7, 11) is 1.25. The predicted octanol–water partition coefficient (Wildman–Crippen LogP) is 8.30. The van der Waals surface area contributed by atoms with E-state index >= 15 is 0 Å². The van der Waals surface area contributed by atoms with E-state index in [-0.39, 0.29) is 46.9 Å². The molecule has 14 nitrogen and oxygen atoms in total. The summed E-state index contributed by atoms with van der Waals surface area (Å²) in [6.45, 7) is 15.6. The number of hydrogen-bond donors (Lipinski definition) is 3. The van der Waals surface area contributed by atoms with E-state index in [1.54, 1.807) is 35.2 Å². The smallest absolute Gasteiger partial charge is 0.453 e. The predicted molar refractivity (Wildman–Crippen MR) is 233 cm³/mol. The van der Waals surface area contributed by atoms with Crippen molar-refractivity contribution < 1.29 is 41.8 Å². The second-order valence-corrected chi connectivity index (χ2v) is 17.9. The largest absolute Gasteiger partial charge is 0.573 e. The Morgan fingerprint density at radius 3 is 2.35 bits per heavy atom. The van der Waals surface area contributed by atoms with Crippen molar-refractivity contribution >= 4 is 57.1 Å². The number of pyridine rings is 1. The van der Waals surface area contributed by atoms with Gasteiger partial charge >= 0.3 is 12.5 Å². The van der Waals surface area contributed by atoms with Crippen molar-refractivity contribution in [3.05, 3.63) is 78.2 Å². The number of alkyl halides is 3. The molecule has 2 aliphatic heterocycles. The number of aromatic nitrogens is 3. The Kier molecular flexibility index (Phi) is 12.3. The van der Waals surface area contributed by atoms with E-state index in [1.165, 1.54) is 25.4 Å². The number of hydrogen-bond acceptors (Lipinski definition) is 9. The van der Waals surface area contributed by atoms with Crippen LogP contribution >= 0.6 is 0 Å². The van der Waals surface area contributed by atoms with E-state index in [1.807, 2.05) is 65.5 Å². The van der Waals surface area contributed by atoms with Gasteiger partial charge in [-0.3, -0.25) is 14.4 Å². The highest BCUT2D eigenvalue weighted by Crippen LogP contribution is 2.40. The van der Waals surface area contributed by atoms with Crippen molar-refractivity contribution in [1.29, 1.82) is 0 Å². The highest BCUT2D eigenvalue weighted by molar-refractivity contribution is 6.07. The normalized spacial score (nSPS) is 18.8. The molecule has 5 aromatic rings. The number of aromatic amines is 1. The van der Waals surface area contributed by atoms with Gasteiger partial charge in [0.25, 0.3) is 5.91 Å². The van der Waals surface area contributed by atoms with Crippen LogP contribution in [0, 0.1) is 17.3 Å². The van der Waals surface area contributed by atoms with Crippen LogP contribution in [-0.2, 0) is 14.3 Å². The van der Waals surface area contributed by atoms with Gasteiger partial charge in [-0.05, 0) is 78.6 Å². The third-order valence-corrected chi connectivity index (χ3v) is 11.6. The fraction of sp³-hybridized carbons (Fsp3) is 0.435. The first-order valence-corrected chi connectivity index (χ1v) is 21.0. The monoisotopic (exact) mass is 870 g/mol. The number of nitrogens with one attached hydrogen (secondary N) is 3. The van der Waals surface area contributed by atoms with E-state index in [9.17, 15) is 32.3 Å². The highest BCUT2D eigenvalue weighted by atomic mass is 19.4. The van der Waals surface area contributed by atoms with Gasteiger partial charge in [0, 0.05) is 54.1 Å². The molecule has 3 N–H and O–H groups in total. The maximum Gasteiger partial charge on any atom is 0.573 e. The van der Waals surface area contributed by atoms with E-state index in [2.05, 4.69) is 30.2 Å². The van der Waals surface area contributed by atoms with Crippen LogP contribution in [0.5, 0.6) is 5.75 Å². The molecule has 3 aromatic carbocycles. The first kappa shape index (κ1) is 44.7. The molecular formula is C46H53F3N8O6. The van der Waals surface area contributed by atoms with Crippen molar-refractivity contribution in [1.82, 2.24) is 30.1 Å². The van der Waals surface area contributed by atoms with E-state index in [0.29, 0.717) is 71.9 Å². The van der Waals surface area contributed by atoms with Gasteiger partial charge in [-0.15, -0.1) is 13.2 Å². The van der Waals surface area contributed by atoms with Gasteiger partial charge in [0.1, 0.15) is 23.4 Å². The number of amides is 4. The molecule has 2 fully saturated rings. The lowest BCUT2D eigenvalue weighted by molar-refractivity contribution is -0.274. The summed E-state index contributed by atoms with van der Waals surface area (Å²) in [6.07, 6.45) is -3.60. The molecule has 4 amide bonds. The minimum atomic E-state index is -5.04. The van der Waals surface area contributed by atoms with Crippen LogP contribution in [0.3, 0.4) is 0 Å². The van der Waals surface area contributed by atoms with Crippen LogP contribution in [0.1, 0.15) is 77.1 Å². The minimum absolute atomic E-state index is 0.00354. The molecule has 4 heterocycles. The number of likely N-dealkylation sites (tertiary alicyclic amines) is 1. The number of nitrogens with zero attached hydrogens (tertiary/aromatic N) is 5. The summed E-state index contributed by atoms with van der Waals surface area (Å²) in [5.74, 6) is -0.129. The Balaban J connectivity index is 1.10. The van der Waals surface area contributed by atoms with Crippen LogP contribution in [0.15, 0.2) is 66.9 Å². The zero-order valence-corrected chi connectivity index (χ0v) is 36.6. The summed E-state index contributed by atoms with van der Waals surface area (Å²) in [5.41, 5.74) is 1.69.